The van der Waals surface area contributed by atoms with Crippen LogP contribution in [0.5, 0.6) is 0 Å². The maximum Gasteiger partial charge on any atom is 0.310 e. The fourth-order valence-corrected chi connectivity index (χ4v) is 3.65. The number of nitrogens with zero attached hydrogens (tertiary/aromatic N) is 1. The Bertz CT molecular complexity index is 342. The second kappa shape index (κ2) is 6.64. The van der Waals surface area contributed by atoms with E-state index in [-0.39, 0.29) is 18.4 Å². The third-order valence-electron chi connectivity index (χ3n) is 4.50. The number of carbonyl (C=O) groups is 2. The molecular formula is C14H25NO3S. The predicted molar refractivity (Wildman–Crippen MR) is 78.4 cm³/mol. The molecule has 0 radical (unpaired) electrons. The molecule has 4 nitrogen and oxygen atoms in total. The molecule has 0 saturated carbocycles. The summed E-state index contributed by atoms with van der Waals surface area (Å²) < 4.78 is 0. The lowest BCUT2D eigenvalue weighted by atomic mass is 9.79. The second-order valence-electron chi connectivity index (χ2n) is 5.37. The molecule has 1 N–H and O–H groups in total. The van der Waals surface area contributed by atoms with Crippen molar-refractivity contribution in [1.29, 1.82) is 0 Å². The van der Waals surface area contributed by atoms with E-state index in [1.54, 1.807) is 0 Å². The number of carbonyl (C=O) groups excluding carboxylic acids is 1. The summed E-state index contributed by atoms with van der Waals surface area (Å²) in [6.07, 6.45) is 1.12. The van der Waals surface area contributed by atoms with Gasteiger partial charge < -0.3 is 10.0 Å². The summed E-state index contributed by atoms with van der Waals surface area (Å²) in [5, 5.41) is 9.83. The molecule has 0 bridgehead atoms. The van der Waals surface area contributed by atoms with Gasteiger partial charge in [0.1, 0.15) is 0 Å². The first-order valence-corrected chi connectivity index (χ1v) is 8.07. The zero-order valence-electron chi connectivity index (χ0n) is 12.3. The number of aliphatic carboxylic acids is 1. The van der Waals surface area contributed by atoms with Crippen molar-refractivity contribution in [2.24, 2.45) is 5.41 Å². The smallest absolute Gasteiger partial charge is 0.310 e. The average molecular weight is 287 g/mol. The van der Waals surface area contributed by atoms with Crippen LogP contribution in [0, 0.1) is 5.41 Å². The van der Waals surface area contributed by atoms with Crippen molar-refractivity contribution >= 4 is 23.6 Å². The van der Waals surface area contributed by atoms with Crippen LogP contribution in [0.25, 0.3) is 0 Å². The van der Waals surface area contributed by atoms with Gasteiger partial charge >= 0.3 is 5.97 Å². The van der Waals surface area contributed by atoms with Gasteiger partial charge in [-0.3, -0.25) is 9.59 Å². The van der Waals surface area contributed by atoms with E-state index in [0.29, 0.717) is 18.1 Å². The fraction of sp³-hybridized carbons (Fsp3) is 0.857. The Morgan fingerprint density at radius 3 is 2.37 bits per heavy atom. The maximum absolute atomic E-state index is 12.4. The number of rotatable bonds is 5. The first kappa shape index (κ1) is 16.3. The monoisotopic (exact) mass is 287 g/mol. The van der Waals surface area contributed by atoms with Crippen molar-refractivity contribution in [3.8, 4) is 0 Å². The highest BCUT2D eigenvalue weighted by molar-refractivity contribution is 8.00. The van der Waals surface area contributed by atoms with Crippen LogP contribution in [0.2, 0.25) is 0 Å². The van der Waals surface area contributed by atoms with Crippen LogP contribution in [-0.4, -0.2) is 45.5 Å². The molecule has 110 valence electrons. The second-order valence-corrected chi connectivity index (χ2v) is 6.86. The molecule has 5 heteroatoms. The Kier molecular flexibility index (Phi) is 5.71. The molecule has 0 aromatic carbocycles. The summed E-state index contributed by atoms with van der Waals surface area (Å²) >= 11 is 1.87. The zero-order valence-corrected chi connectivity index (χ0v) is 13.1. The zero-order chi connectivity index (χ0) is 14.6. The Labute approximate surface area is 119 Å². The molecule has 0 aromatic heterocycles. The lowest BCUT2D eigenvalue weighted by Crippen LogP contribution is -2.50. The highest BCUT2D eigenvalue weighted by Gasteiger charge is 2.40. The predicted octanol–water partition coefficient (Wildman–Crippen LogP) is 2.62. The number of amides is 1. The average Bonchev–Trinajstić information content (AvgIpc) is 2.38. The van der Waals surface area contributed by atoms with Gasteiger partial charge in [0.05, 0.1) is 5.41 Å². The summed E-state index contributed by atoms with van der Waals surface area (Å²) in [5.74, 6) is 0.0823. The highest BCUT2D eigenvalue weighted by atomic mass is 32.2. The third kappa shape index (κ3) is 3.44. The molecular weight excluding hydrogens is 262 g/mol. The van der Waals surface area contributed by atoms with E-state index in [2.05, 4.69) is 13.8 Å². The van der Waals surface area contributed by atoms with E-state index in [0.717, 1.165) is 12.3 Å². The number of carboxylic acids is 1. The quantitative estimate of drug-likeness (QED) is 0.844. The topological polar surface area (TPSA) is 57.6 Å². The first-order valence-electron chi connectivity index (χ1n) is 7.02. The van der Waals surface area contributed by atoms with Crippen molar-refractivity contribution in [3.05, 3.63) is 0 Å². The summed E-state index contributed by atoms with van der Waals surface area (Å²) in [6.45, 7) is 8.61. The van der Waals surface area contributed by atoms with Gasteiger partial charge in [-0.1, -0.05) is 20.8 Å². The van der Waals surface area contributed by atoms with Crippen LogP contribution in [0.15, 0.2) is 0 Å². The Balaban J connectivity index is 2.80. The highest BCUT2D eigenvalue weighted by Crippen LogP contribution is 2.33. The molecule has 2 atom stereocenters. The molecule has 0 aliphatic carbocycles. The van der Waals surface area contributed by atoms with Gasteiger partial charge in [-0.15, -0.1) is 0 Å². The van der Waals surface area contributed by atoms with Crippen LogP contribution < -0.4 is 0 Å². The summed E-state index contributed by atoms with van der Waals surface area (Å²) in [7, 11) is 0. The van der Waals surface area contributed by atoms with E-state index in [1.165, 1.54) is 0 Å². The van der Waals surface area contributed by atoms with Crippen molar-refractivity contribution < 1.29 is 14.7 Å². The van der Waals surface area contributed by atoms with Gasteiger partial charge in [0.2, 0.25) is 5.91 Å². The molecule has 1 saturated heterocycles. The van der Waals surface area contributed by atoms with E-state index in [4.69, 9.17) is 0 Å². The normalized spacial score (nSPS) is 24.3. The molecule has 1 heterocycles. The third-order valence-corrected chi connectivity index (χ3v) is 5.84. The molecule has 1 amide bonds. The van der Waals surface area contributed by atoms with Crippen LogP contribution in [0.3, 0.4) is 0 Å². The minimum Gasteiger partial charge on any atom is -0.481 e. The van der Waals surface area contributed by atoms with Gasteiger partial charge in [-0.2, -0.15) is 11.8 Å². The fourth-order valence-electron chi connectivity index (χ4n) is 2.55. The van der Waals surface area contributed by atoms with Crippen molar-refractivity contribution in [1.82, 2.24) is 4.90 Å². The molecule has 1 fully saturated rings. The van der Waals surface area contributed by atoms with E-state index >= 15 is 0 Å². The summed E-state index contributed by atoms with van der Waals surface area (Å²) in [4.78, 5) is 25.8. The standard InChI is InChI=1S/C14H25NO3S/c1-5-14(6-2,13(17)18)9-12(16)15-7-8-19-11(4)10(15)3/h10-11H,5-9H2,1-4H3,(H,17,18). The minimum absolute atomic E-state index is 0.00856. The first-order chi connectivity index (χ1) is 8.88. The summed E-state index contributed by atoms with van der Waals surface area (Å²) in [5.41, 5.74) is -0.898. The van der Waals surface area contributed by atoms with E-state index < -0.39 is 11.4 Å². The minimum atomic E-state index is -0.898. The molecule has 2 unspecified atom stereocenters. The van der Waals surface area contributed by atoms with E-state index in [9.17, 15) is 14.7 Å². The van der Waals surface area contributed by atoms with Crippen LogP contribution in [-0.2, 0) is 9.59 Å². The van der Waals surface area contributed by atoms with Crippen LogP contribution in [0.4, 0.5) is 0 Å². The molecule has 1 aliphatic heterocycles. The number of hydrogen-bond donors (Lipinski definition) is 1. The largest absolute Gasteiger partial charge is 0.481 e. The van der Waals surface area contributed by atoms with Gasteiger partial charge in [0, 0.05) is 30.0 Å². The molecule has 1 rings (SSSR count). The van der Waals surface area contributed by atoms with Crippen molar-refractivity contribution in [2.45, 2.75) is 58.2 Å². The SMILES string of the molecule is CCC(CC)(CC(=O)N1CCSC(C)C1C)C(=O)O. The lowest BCUT2D eigenvalue weighted by molar-refractivity contribution is -0.154. The molecule has 1 aliphatic rings. The molecule has 0 aromatic rings. The van der Waals surface area contributed by atoms with Gasteiger partial charge in [-0.05, 0) is 19.8 Å². The Morgan fingerprint density at radius 2 is 1.89 bits per heavy atom. The van der Waals surface area contributed by atoms with E-state index in [1.807, 2.05) is 30.5 Å². The Morgan fingerprint density at radius 1 is 1.32 bits per heavy atom. The number of carboxylic acid groups (broad SMARTS) is 1. The van der Waals surface area contributed by atoms with Gasteiger partial charge in [0.15, 0.2) is 0 Å². The van der Waals surface area contributed by atoms with Crippen LogP contribution >= 0.6 is 11.8 Å². The Hall–Kier alpha value is -0.710. The van der Waals surface area contributed by atoms with Crippen molar-refractivity contribution in [2.75, 3.05) is 12.3 Å². The number of hydrogen-bond acceptors (Lipinski definition) is 3. The lowest BCUT2D eigenvalue weighted by Gasteiger charge is -2.39. The van der Waals surface area contributed by atoms with Gasteiger partial charge in [-0.25, -0.2) is 0 Å². The van der Waals surface area contributed by atoms with Crippen LogP contribution in [0.1, 0.15) is 47.0 Å². The number of thioether (sulfide) groups is 1. The molecule has 0 spiro atoms. The van der Waals surface area contributed by atoms with Gasteiger partial charge in [0.25, 0.3) is 0 Å². The van der Waals surface area contributed by atoms with Crippen molar-refractivity contribution in [3.63, 3.8) is 0 Å². The summed E-state index contributed by atoms with van der Waals surface area (Å²) in [6, 6.07) is 0.187. The maximum atomic E-state index is 12.4. The molecule has 19 heavy (non-hydrogen) atoms.